The Bertz CT molecular complexity index is 481. The van der Waals surface area contributed by atoms with E-state index in [4.69, 9.17) is 5.73 Å². The molecule has 0 aliphatic rings. The Balaban J connectivity index is 2.81. The summed E-state index contributed by atoms with van der Waals surface area (Å²) in [7, 11) is 3.38. The van der Waals surface area contributed by atoms with E-state index in [9.17, 15) is 9.59 Å². The Labute approximate surface area is 126 Å². The van der Waals surface area contributed by atoms with Gasteiger partial charge in [0.2, 0.25) is 5.91 Å². The highest BCUT2D eigenvalue weighted by Crippen LogP contribution is 2.09. The fourth-order valence-corrected chi connectivity index (χ4v) is 2.04. The second-order valence-corrected chi connectivity index (χ2v) is 5.79. The number of likely N-dealkylation sites (N-methyl/N-ethyl adjacent to an activating group) is 1. The van der Waals surface area contributed by atoms with Gasteiger partial charge in [-0.3, -0.25) is 9.59 Å². The average Bonchev–Trinajstić information content (AvgIpc) is 2.45. The van der Waals surface area contributed by atoms with Gasteiger partial charge in [-0.1, -0.05) is 26.0 Å². The van der Waals surface area contributed by atoms with Gasteiger partial charge in [-0.05, 0) is 30.0 Å². The Hall–Kier alpha value is -1.88. The molecule has 1 unspecified atom stereocenters. The van der Waals surface area contributed by atoms with Crippen molar-refractivity contribution in [3.63, 3.8) is 0 Å². The van der Waals surface area contributed by atoms with E-state index < -0.39 is 6.04 Å². The van der Waals surface area contributed by atoms with Gasteiger partial charge in [0.1, 0.15) is 6.04 Å². The highest BCUT2D eigenvalue weighted by molar-refractivity contribution is 5.97. The predicted octanol–water partition coefficient (Wildman–Crippen LogP) is 1.38. The molecule has 0 bridgehead atoms. The molecule has 3 N–H and O–H groups in total. The molecule has 5 nitrogen and oxygen atoms in total. The van der Waals surface area contributed by atoms with Crippen LogP contribution in [0.2, 0.25) is 0 Å². The van der Waals surface area contributed by atoms with Gasteiger partial charge in [-0.15, -0.1) is 0 Å². The third kappa shape index (κ3) is 5.19. The lowest BCUT2D eigenvalue weighted by Crippen LogP contribution is -2.46. The van der Waals surface area contributed by atoms with Crippen LogP contribution in [0.4, 0.5) is 0 Å². The van der Waals surface area contributed by atoms with Crippen molar-refractivity contribution in [3.05, 3.63) is 35.4 Å². The lowest BCUT2D eigenvalue weighted by atomic mass is 10.0. The van der Waals surface area contributed by atoms with Crippen LogP contribution in [0.15, 0.2) is 24.3 Å². The van der Waals surface area contributed by atoms with Crippen LogP contribution >= 0.6 is 0 Å². The van der Waals surface area contributed by atoms with Crippen LogP contribution in [0.1, 0.15) is 36.2 Å². The summed E-state index contributed by atoms with van der Waals surface area (Å²) in [6.45, 7) is 4.49. The number of carbonyl (C=O) groups is 2. The third-order valence-corrected chi connectivity index (χ3v) is 3.20. The van der Waals surface area contributed by atoms with E-state index in [0.717, 1.165) is 5.56 Å². The molecule has 0 radical (unpaired) electrons. The SMILES string of the molecule is CC(C)CC(NC(=O)c1ccc(CN)cc1)C(=O)N(C)C. The lowest BCUT2D eigenvalue weighted by molar-refractivity contribution is -0.131. The summed E-state index contributed by atoms with van der Waals surface area (Å²) >= 11 is 0. The molecule has 0 spiro atoms. The first kappa shape index (κ1) is 17.2. The Morgan fingerprint density at radius 3 is 2.19 bits per heavy atom. The largest absolute Gasteiger partial charge is 0.347 e. The number of hydrogen-bond donors (Lipinski definition) is 2. The molecular formula is C16H25N3O2. The summed E-state index contributed by atoms with van der Waals surface area (Å²) in [5.41, 5.74) is 7.04. The maximum absolute atomic E-state index is 12.3. The highest BCUT2D eigenvalue weighted by Gasteiger charge is 2.23. The molecule has 21 heavy (non-hydrogen) atoms. The number of rotatable bonds is 6. The zero-order valence-electron chi connectivity index (χ0n) is 13.2. The summed E-state index contributed by atoms with van der Waals surface area (Å²) < 4.78 is 0. The molecule has 5 heteroatoms. The Morgan fingerprint density at radius 2 is 1.76 bits per heavy atom. The van der Waals surface area contributed by atoms with E-state index in [1.165, 1.54) is 4.90 Å². The summed E-state index contributed by atoms with van der Waals surface area (Å²) in [5.74, 6) is -0.00568. The van der Waals surface area contributed by atoms with Crippen LogP contribution in [0.25, 0.3) is 0 Å². The van der Waals surface area contributed by atoms with E-state index in [0.29, 0.717) is 24.4 Å². The summed E-state index contributed by atoms with van der Waals surface area (Å²) in [4.78, 5) is 25.9. The van der Waals surface area contributed by atoms with Crippen molar-refractivity contribution >= 4 is 11.8 Å². The number of nitrogens with zero attached hydrogens (tertiary/aromatic N) is 1. The summed E-state index contributed by atoms with van der Waals surface area (Å²) in [6.07, 6.45) is 0.615. The van der Waals surface area contributed by atoms with Gasteiger partial charge >= 0.3 is 0 Å². The van der Waals surface area contributed by atoms with Crippen LogP contribution in [0, 0.1) is 5.92 Å². The fraction of sp³-hybridized carbons (Fsp3) is 0.500. The maximum atomic E-state index is 12.3. The number of benzene rings is 1. The molecule has 0 aromatic heterocycles. The minimum absolute atomic E-state index is 0.0874. The smallest absolute Gasteiger partial charge is 0.251 e. The predicted molar refractivity (Wildman–Crippen MR) is 83.7 cm³/mol. The van der Waals surface area contributed by atoms with Gasteiger partial charge in [0.25, 0.3) is 5.91 Å². The van der Waals surface area contributed by atoms with Gasteiger partial charge in [-0.2, -0.15) is 0 Å². The highest BCUT2D eigenvalue weighted by atomic mass is 16.2. The molecule has 1 rings (SSSR count). The van der Waals surface area contributed by atoms with Crippen LogP contribution in [0.5, 0.6) is 0 Å². The first-order chi connectivity index (χ1) is 9.85. The minimum Gasteiger partial charge on any atom is -0.347 e. The van der Waals surface area contributed by atoms with Crippen molar-refractivity contribution < 1.29 is 9.59 Å². The summed E-state index contributed by atoms with van der Waals surface area (Å²) in [5, 5.41) is 2.82. The molecule has 0 aliphatic heterocycles. The number of nitrogens with one attached hydrogen (secondary N) is 1. The van der Waals surface area contributed by atoms with Crippen LogP contribution in [-0.2, 0) is 11.3 Å². The number of nitrogens with two attached hydrogens (primary N) is 1. The van der Waals surface area contributed by atoms with Crippen molar-refractivity contribution in [2.75, 3.05) is 14.1 Å². The van der Waals surface area contributed by atoms with Crippen molar-refractivity contribution in [2.24, 2.45) is 11.7 Å². The number of amides is 2. The Kier molecular flexibility index (Phi) is 6.37. The monoisotopic (exact) mass is 291 g/mol. The third-order valence-electron chi connectivity index (χ3n) is 3.20. The van der Waals surface area contributed by atoms with E-state index in [-0.39, 0.29) is 11.8 Å². The first-order valence-corrected chi connectivity index (χ1v) is 7.16. The zero-order valence-corrected chi connectivity index (χ0v) is 13.2. The molecule has 1 aromatic rings. The topological polar surface area (TPSA) is 75.4 Å². The maximum Gasteiger partial charge on any atom is 0.251 e. The van der Waals surface area contributed by atoms with Crippen molar-refractivity contribution in [1.29, 1.82) is 0 Å². The van der Waals surface area contributed by atoms with Crippen LogP contribution in [0.3, 0.4) is 0 Å². The fourth-order valence-electron chi connectivity index (χ4n) is 2.04. The Morgan fingerprint density at radius 1 is 1.19 bits per heavy atom. The van der Waals surface area contributed by atoms with Gasteiger partial charge < -0.3 is 16.0 Å². The van der Waals surface area contributed by atoms with E-state index in [2.05, 4.69) is 5.32 Å². The van der Waals surface area contributed by atoms with Gasteiger partial charge in [0.15, 0.2) is 0 Å². The molecule has 0 saturated heterocycles. The van der Waals surface area contributed by atoms with Gasteiger partial charge in [0, 0.05) is 26.2 Å². The van der Waals surface area contributed by atoms with Crippen molar-refractivity contribution in [3.8, 4) is 0 Å². The van der Waals surface area contributed by atoms with Gasteiger partial charge in [0.05, 0.1) is 0 Å². The van der Waals surface area contributed by atoms with Gasteiger partial charge in [-0.25, -0.2) is 0 Å². The normalized spacial score (nSPS) is 12.1. The molecule has 2 amide bonds. The summed E-state index contributed by atoms with van der Waals surface area (Å²) in [6, 6.07) is 6.59. The molecule has 0 fully saturated rings. The lowest BCUT2D eigenvalue weighted by Gasteiger charge is -2.23. The first-order valence-electron chi connectivity index (χ1n) is 7.16. The number of hydrogen-bond acceptors (Lipinski definition) is 3. The quantitative estimate of drug-likeness (QED) is 0.831. The van der Waals surface area contributed by atoms with E-state index in [1.54, 1.807) is 26.2 Å². The van der Waals surface area contributed by atoms with E-state index >= 15 is 0 Å². The van der Waals surface area contributed by atoms with Crippen molar-refractivity contribution in [1.82, 2.24) is 10.2 Å². The molecule has 1 atom stereocenters. The molecule has 0 saturated carbocycles. The van der Waals surface area contributed by atoms with Crippen molar-refractivity contribution in [2.45, 2.75) is 32.9 Å². The standard InChI is InChI=1S/C16H25N3O2/c1-11(2)9-14(16(21)19(3)4)18-15(20)13-7-5-12(10-17)6-8-13/h5-8,11,14H,9-10,17H2,1-4H3,(H,18,20). The van der Waals surface area contributed by atoms with E-state index in [1.807, 2.05) is 26.0 Å². The molecule has 0 aliphatic carbocycles. The van der Waals surface area contributed by atoms with Crippen LogP contribution in [-0.4, -0.2) is 36.9 Å². The molecule has 1 aromatic carbocycles. The number of carbonyl (C=O) groups excluding carboxylic acids is 2. The average molecular weight is 291 g/mol. The molecule has 0 heterocycles. The molecule has 116 valence electrons. The second kappa shape index (κ2) is 7.78. The minimum atomic E-state index is -0.498. The van der Waals surface area contributed by atoms with Crippen LogP contribution < -0.4 is 11.1 Å². The second-order valence-electron chi connectivity index (χ2n) is 5.79. The zero-order chi connectivity index (χ0) is 16.0. The molecular weight excluding hydrogens is 266 g/mol.